The first kappa shape index (κ1) is 21.2. The molecule has 3 fully saturated rings. The SMILES string of the molecule is CCCN1CCC(NC(=NCC2CCN(C3CC3)C2)NCC)CC1.I. The fraction of sp³-hybridized carbons (Fsp3) is 0.947. The van der Waals surface area contributed by atoms with E-state index in [0.29, 0.717) is 6.04 Å². The van der Waals surface area contributed by atoms with Crippen LogP contribution in [0.2, 0.25) is 0 Å². The summed E-state index contributed by atoms with van der Waals surface area (Å²) in [4.78, 5) is 10.2. The molecule has 1 unspecified atom stereocenters. The van der Waals surface area contributed by atoms with Gasteiger partial charge in [0.25, 0.3) is 0 Å². The summed E-state index contributed by atoms with van der Waals surface area (Å²) in [6, 6.07) is 1.50. The van der Waals surface area contributed by atoms with Crippen molar-refractivity contribution >= 4 is 29.9 Å². The minimum atomic E-state index is 0. The van der Waals surface area contributed by atoms with E-state index in [-0.39, 0.29) is 24.0 Å². The lowest BCUT2D eigenvalue weighted by molar-refractivity contribution is 0.206. The predicted molar refractivity (Wildman–Crippen MR) is 117 cm³/mol. The van der Waals surface area contributed by atoms with E-state index in [1.165, 1.54) is 71.2 Å². The molecule has 0 aromatic rings. The smallest absolute Gasteiger partial charge is 0.191 e. The van der Waals surface area contributed by atoms with Gasteiger partial charge in [0.15, 0.2) is 5.96 Å². The van der Waals surface area contributed by atoms with E-state index in [9.17, 15) is 0 Å². The zero-order chi connectivity index (χ0) is 16.8. The largest absolute Gasteiger partial charge is 0.357 e. The molecule has 0 aromatic carbocycles. The Kier molecular flexibility index (Phi) is 9.27. The first-order valence-electron chi connectivity index (χ1n) is 10.3. The minimum absolute atomic E-state index is 0. The van der Waals surface area contributed by atoms with E-state index in [1.54, 1.807) is 0 Å². The van der Waals surface area contributed by atoms with Gasteiger partial charge in [-0.3, -0.25) is 4.99 Å². The summed E-state index contributed by atoms with van der Waals surface area (Å²) in [5.74, 6) is 1.80. The van der Waals surface area contributed by atoms with E-state index < -0.39 is 0 Å². The van der Waals surface area contributed by atoms with Gasteiger partial charge in [0.05, 0.1) is 0 Å². The van der Waals surface area contributed by atoms with Gasteiger partial charge in [-0.05, 0) is 64.5 Å². The molecule has 5 nitrogen and oxygen atoms in total. The Labute approximate surface area is 171 Å². The maximum Gasteiger partial charge on any atom is 0.191 e. The summed E-state index contributed by atoms with van der Waals surface area (Å²) in [6.07, 6.45) is 7.93. The highest BCUT2D eigenvalue weighted by Crippen LogP contribution is 2.31. The molecule has 2 N–H and O–H groups in total. The highest BCUT2D eigenvalue weighted by molar-refractivity contribution is 14.0. The van der Waals surface area contributed by atoms with Gasteiger partial charge in [-0.15, -0.1) is 24.0 Å². The number of hydrogen-bond donors (Lipinski definition) is 2. The van der Waals surface area contributed by atoms with Gasteiger partial charge in [0, 0.05) is 44.8 Å². The zero-order valence-electron chi connectivity index (χ0n) is 16.2. The Balaban J connectivity index is 0.00000225. The van der Waals surface area contributed by atoms with Crippen LogP contribution in [0.15, 0.2) is 4.99 Å². The molecule has 0 aromatic heterocycles. The number of likely N-dealkylation sites (tertiary alicyclic amines) is 2. The third-order valence-corrected chi connectivity index (χ3v) is 5.70. The molecular weight excluding hydrogens is 425 g/mol. The van der Waals surface area contributed by atoms with E-state index in [4.69, 9.17) is 4.99 Å². The van der Waals surface area contributed by atoms with Crippen LogP contribution in [0.25, 0.3) is 0 Å². The van der Waals surface area contributed by atoms with E-state index in [0.717, 1.165) is 31.0 Å². The fourth-order valence-electron chi connectivity index (χ4n) is 4.13. The normalized spacial score (nSPS) is 26.5. The number of hydrogen-bond acceptors (Lipinski definition) is 3. The van der Waals surface area contributed by atoms with E-state index in [2.05, 4.69) is 34.3 Å². The molecule has 0 radical (unpaired) electrons. The van der Waals surface area contributed by atoms with Crippen LogP contribution < -0.4 is 10.6 Å². The second-order valence-corrected chi connectivity index (χ2v) is 7.86. The Morgan fingerprint density at radius 2 is 1.80 bits per heavy atom. The van der Waals surface area contributed by atoms with Gasteiger partial charge >= 0.3 is 0 Å². The fourth-order valence-corrected chi connectivity index (χ4v) is 4.13. The maximum absolute atomic E-state index is 4.91. The van der Waals surface area contributed by atoms with E-state index >= 15 is 0 Å². The van der Waals surface area contributed by atoms with Crippen molar-refractivity contribution < 1.29 is 0 Å². The molecule has 1 aliphatic carbocycles. The molecule has 25 heavy (non-hydrogen) atoms. The van der Waals surface area contributed by atoms with Gasteiger partial charge in [-0.1, -0.05) is 6.92 Å². The van der Waals surface area contributed by atoms with Crippen molar-refractivity contribution in [3.63, 3.8) is 0 Å². The second kappa shape index (κ2) is 10.9. The van der Waals surface area contributed by atoms with Crippen LogP contribution in [0.3, 0.4) is 0 Å². The predicted octanol–water partition coefficient (Wildman–Crippen LogP) is 2.52. The molecule has 1 atom stereocenters. The number of aliphatic imine (C=N–C) groups is 1. The first-order chi connectivity index (χ1) is 11.8. The van der Waals surface area contributed by atoms with Gasteiger partial charge < -0.3 is 20.4 Å². The summed E-state index contributed by atoms with van der Waals surface area (Å²) >= 11 is 0. The number of guanidine groups is 1. The molecule has 2 heterocycles. The van der Waals surface area contributed by atoms with E-state index in [1.807, 2.05) is 0 Å². The summed E-state index contributed by atoms with van der Waals surface area (Å²) in [6.45, 7) is 12.6. The lowest BCUT2D eigenvalue weighted by Gasteiger charge is -2.32. The summed E-state index contributed by atoms with van der Waals surface area (Å²) in [5, 5.41) is 7.14. The molecule has 0 spiro atoms. The second-order valence-electron chi connectivity index (χ2n) is 7.86. The van der Waals surface area contributed by atoms with Gasteiger partial charge in [-0.25, -0.2) is 0 Å². The molecular formula is C19H38IN5. The molecule has 0 bridgehead atoms. The van der Waals surface area contributed by atoms with Crippen LogP contribution in [-0.2, 0) is 0 Å². The standard InChI is InChI=1S/C19H37N5.HI/c1-3-10-23-11-8-17(9-12-23)22-19(20-4-2)21-14-16-7-13-24(15-16)18-5-6-18;/h16-18H,3-15H2,1-2H3,(H2,20,21,22);1H. The molecule has 1 saturated carbocycles. The molecule has 3 aliphatic rings. The molecule has 2 saturated heterocycles. The van der Waals surface area contributed by atoms with Gasteiger partial charge in [0.2, 0.25) is 0 Å². The molecule has 6 heteroatoms. The highest BCUT2D eigenvalue weighted by atomic mass is 127. The Morgan fingerprint density at radius 1 is 1.04 bits per heavy atom. The van der Waals surface area contributed by atoms with Crippen LogP contribution >= 0.6 is 24.0 Å². The number of nitrogens with zero attached hydrogens (tertiary/aromatic N) is 3. The highest BCUT2D eigenvalue weighted by Gasteiger charge is 2.34. The Hall–Kier alpha value is -0.0800. The van der Waals surface area contributed by atoms with Crippen molar-refractivity contribution in [1.82, 2.24) is 20.4 Å². The lowest BCUT2D eigenvalue weighted by Crippen LogP contribution is -2.48. The Bertz CT molecular complexity index is 405. The van der Waals surface area contributed by atoms with Crippen molar-refractivity contribution in [2.75, 3.05) is 45.8 Å². The van der Waals surface area contributed by atoms with Crippen molar-refractivity contribution in [3.8, 4) is 0 Å². The van der Waals surface area contributed by atoms with Crippen LogP contribution in [-0.4, -0.2) is 73.7 Å². The number of halogens is 1. The molecule has 0 amide bonds. The monoisotopic (exact) mass is 463 g/mol. The average Bonchev–Trinajstić information content (AvgIpc) is 3.33. The van der Waals surface area contributed by atoms with Crippen molar-refractivity contribution in [2.45, 2.75) is 64.5 Å². The Morgan fingerprint density at radius 3 is 2.44 bits per heavy atom. The van der Waals surface area contributed by atoms with Gasteiger partial charge in [-0.2, -0.15) is 0 Å². The quantitative estimate of drug-likeness (QED) is 0.346. The van der Waals surface area contributed by atoms with Crippen molar-refractivity contribution in [1.29, 1.82) is 0 Å². The van der Waals surface area contributed by atoms with Crippen LogP contribution in [0.4, 0.5) is 0 Å². The summed E-state index contributed by atoms with van der Waals surface area (Å²) in [7, 11) is 0. The molecule has 2 aliphatic heterocycles. The topological polar surface area (TPSA) is 42.9 Å². The number of rotatable bonds is 7. The number of piperidine rings is 1. The van der Waals surface area contributed by atoms with Crippen molar-refractivity contribution in [2.24, 2.45) is 10.9 Å². The number of nitrogens with one attached hydrogen (secondary N) is 2. The molecule has 146 valence electrons. The summed E-state index contributed by atoms with van der Waals surface area (Å²) in [5.41, 5.74) is 0. The molecule has 3 rings (SSSR count). The first-order valence-corrected chi connectivity index (χ1v) is 10.3. The minimum Gasteiger partial charge on any atom is -0.357 e. The maximum atomic E-state index is 4.91. The van der Waals surface area contributed by atoms with Crippen molar-refractivity contribution in [3.05, 3.63) is 0 Å². The van der Waals surface area contributed by atoms with Crippen LogP contribution in [0.1, 0.15) is 52.4 Å². The lowest BCUT2D eigenvalue weighted by atomic mass is 10.1. The van der Waals surface area contributed by atoms with Crippen LogP contribution in [0.5, 0.6) is 0 Å². The summed E-state index contributed by atoms with van der Waals surface area (Å²) < 4.78 is 0. The third kappa shape index (κ3) is 6.86. The van der Waals surface area contributed by atoms with Gasteiger partial charge in [0.1, 0.15) is 0 Å². The zero-order valence-corrected chi connectivity index (χ0v) is 18.5. The third-order valence-electron chi connectivity index (χ3n) is 5.70. The van der Waals surface area contributed by atoms with Crippen LogP contribution in [0, 0.1) is 5.92 Å². The average molecular weight is 463 g/mol.